The molecule has 1 rings (SSSR count). The zero-order valence-corrected chi connectivity index (χ0v) is 12.3. The molecule has 108 valence electrons. The first-order valence-corrected chi connectivity index (χ1v) is 7.99. The number of aliphatic hydroxyl groups excluding tert-OH is 1. The first-order valence-electron chi connectivity index (χ1n) is 6.50. The zero-order chi connectivity index (χ0) is 14.8. The fourth-order valence-electron chi connectivity index (χ4n) is 1.45. The summed E-state index contributed by atoms with van der Waals surface area (Å²) in [5, 5.41) is 11.4. The van der Waals surface area contributed by atoms with Gasteiger partial charge in [-0.3, -0.25) is 9.00 Å². The number of benzene rings is 1. The quantitative estimate of drug-likeness (QED) is 0.767. The third-order valence-corrected chi connectivity index (χ3v) is 3.86. The number of carbonyl (C=O) groups excluding carboxylic acids is 1. The monoisotopic (exact) mass is 293 g/mol. The van der Waals surface area contributed by atoms with E-state index in [1.807, 2.05) is 6.92 Å². The van der Waals surface area contributed by atoms with E-state index in [1.165, 1.54) is 0 Å². The van der Waals surface area contributed by atoms with E-state index in [4.69, 9.17) is 5.11 Å². The smallest absolute Gasteiger partial charge is 0.251 e. The maximum atomic E-state index is 11.8. The summed E-state index contributed by atoms with van der Waals surface area (Å²) < 4.78 is 11.2. The van der Waals surface area contributed by atoms with Crippen LogP contribution in [0.2, 0.25) is 0 Å². The van der Waals surface area contributed by atoms with Gasteiger partial charge in [0.15, 0.2) is 0 Å². The topological polar surface area (TPSA) is 66.4 Å². The summed E-state index contributed by atoms with van der Waals surface area (Å²) in [5.74, 6) is 6.63. The number of rotatable bonds is 6. The molecule has 0 saturated carbocycles. The summed E-state index contributed by atoms with van der Waals surface area (Å²) in [7, 11) is -0.862. The van der Waals surface area contributed by atoms with Crippen LogP contribution in [-0.4, -0.2) is 39.9 Å². The molecule has 0 aliphatic carbocycles. The van der Waals surface area contributed by atoms with E-state index in [2.05, 4.69) is 17.2 Å². The summed E-state index contributed by atoms with van der Waals surface area (Å²) in [6.45, 7) is 2.32. The SMILES string of the molecule is CCS(=O)CCNC(=O)c1ccc(C#CCCO)cc1. The Hall–Kier alpha value is -1.64. The molecule has 2 N–H and O–H groups in total. The van der Waals surface area contributed by atoms with Gasteiger partial charge in [-0.05, 0) is 24.3 Å². The normalized spacial score (nSPS) is 11.3. The summed E-state index contributed by atoms with van der Waals surface area (Å²) in [4.78, 5) is 11.8. The molecule has 0 heterocycles. The second kappa shape index (κ2) is 9.29. The molecule has 1 unspecified atom stereocenters. The minimum atomic E-state index is -0.862. The lowest BCUT2D eigenvalue weighted by Crippen LogP contribution is -2.27. The van der Waals surface area contributed by atoms with E-state index in [0.29, 0.717) is 30.0 Å². The summed E-state index contributed by atoms with van der Waals surface area (Å²) in [6.07, 6.45) is 0.441. The van der Waals surface area contributed by atoms with Crippen molar-refractivity contribution in [3.8, 4) is 11.8 Å². The number of aliphatic hydroxyl groups is 1. The molecule has 1 atom stereocenters. The fraction of sp³-hybridized carbons (Fsp3) is 0.400. The van der Waals surface area contributed by atoms with Gasteiger partial charge in [-0.2, -0.15) is 0 Å². The summed E-state index contributed by atoms with van der Waals surface area (Å²) in [5.41, 5.74) is 1.36. The highest BCUT2D eigenvalue weighted by molar-refractivity contribution is 7.84. The van der Waals surface area contributed by atoms with Crippen LogP contribution in [0.3, 0.4) is 0 Å². The molecule has 0 radical (unpaired) electrons. The number of amides is 1. The van der Waals surface area contributed by atoms with Gasteiger partial charge >= 0.3 is 0 Å². The molecule has 0 aliphatic heterocycles. The van der Waals surface area contributed by atoms with Crippen LogP contribution < -0.4 is 5.32 Å². The maximum Gasteiger partial charge on any atom is 0.251 e. The minimum absolute atomic E-state index is 0.0482. The van der Waals surface area contributed by atoms with E-state index >= 15 is 0 Å². The highest BCUT2D eigenvalue weighted by Gasteiger charge is 2.05. The average Bonchev–Trinajstić information content (AvgIpc) is 2.48. The number of carbonyl (C=O) groups is 1. The van der Waals surface area contributed by atoms with Crippen LogP contribution in [0, 0.1) is 11.8 Å². The van der Waals surface area contributed by atoms with Gasteiger partial charge in [-0.25, -0.2) is 0 Å². The van der Waals surface area contributed by atoms with E-state index < -0.39 is 10.8 Å². The van der Waals surface area contributed by atoms with Gasteiger partial charge in [0.1, 0.15) is 0 Å². The van der Waals surface area contributed by atoms with Crippen molar-refractivity contribution in [1.29, 1.82) is 0 Å². The van der Waals surface area contributed by atoms with Gasteiger partial charge in [0.25, 0.3) is 5.91 Å². The van der Waals surface area contributed by atoms with Crippen LogP contribution >= 0.6 is 0 Å². The second-order valence-corrected chi connectivity index (χ2v) is 5.91. The molecular weight excluding hydrogens is 274 g/mol. The fourth-order valence-corrected chi connectivity index (χ4v) is 2.07. The molecule has 0 spiro atoms. The van der Waals surface area contributed by atoms with Crippen LogP contribution in [0.25, 0.3) is 0 Å². The third-order valence-electron chi connectivity index (χ3n) is 2.55. The molecule has 1 amide bonds. The van der Waals surface area contributed by atoms with Crippen molar-refractivity contribution in [3.63, 3.8) is 0 Å². The summed E-state index contributed by atoms with van der Waals surface area (Å²) >= 11 is 0. The van der Waals surface area contributed by atoms with Gasteiger partial charge in [0.05, 0.1) is 6.61 Å². The zero-order valence-electron chi connectivity index (χ0n) is 11.5. The predicted octanol–water partition coefficient (Wildman–Crippen LogP) is 0.919. The Labute approximate surface area is 122 Å². The largest absolute Gasteiger partial charge is 0.395 e. The van der Waals surface area contributed by atoms with Gasteiger partial charge in [0.2, 0.25) is 0 Å². The lowest BCUT2D eigenvalue weighted by molar-refractivity contribution is 0.0956. The Balaban J connectivity index is 2.49. The van der Waals surface area contributed by atoms with Crippen LogP contribution in [0.4, 0.5) is 0 Å². The first-order chi connectivity index (χ1) is 9.67. The van der Waals surface area contributed by atoms with Crippen LogP contribution in [0.1, 0.15) is 29.3 Å². The average molecular weight is 293 g/mol. The van der Waals surface area contributed by atoms with Gasteiger partial charge < -0.3 is 10.4 Å². The molecule has 0 fully saturated rings. The maximum absolute atomic E-state index is 11.8. The lowest BCUT2D eigenvalue weighted by atomic mass is 10.1. The Morgan fingerprint density at radius 2 is 2.05 bits per heavy atom. The van der Waals surface area contributed by atoms with Crippen molar-refractivity contribution >= 4 is 16.7 Å². The molecule has 0 bridgehead atoms. The van der Waals surface area contributed by atoms with E-state index in [0.717, 1.165) is 5.56 Å². The second-order valence-electron chi connectivity index (χ2n) is 4.04. The van der Waals surface area contributed by atoms with Gasteiger partial charge in [0, 0.05) is 46.4 Å². The van der Waals surface area contributed by atoms with Crippen molar-refractivity contribution in [2.24, 2.45) is 0 Å². The molecule has 0 aliphatic rings. The summed E-state index contributed by atoms with van der Waals surface area (Å²) in [6, 6.07) is 6.94. The molecule has 5 heteroatoms. The Morgan fingerprint density at radius 1 is 1.35 bits per heavy atom. The highest BCUT2D eigenvalue weighted by atomic mass is 32.2. The molecule has 20 heavy (non-hydrogen) atoms. The van der Waals surface area contributed by atoms with E-state index in [-0.39, 0.29) is 12.5 Å². The molecular formula is C15H19NO3S. The number of nitrogens with one attached hydrogen (secondary N) is 1. The third kappa shape index (κ3) is 6.00. The molecule has 0 aromatic heterocycles. The van der Waals surface area contributed by atoms with Crippen molar-refractivity contribution in [3.05, 3.63) is 35.4 Å². The Kier molecular flexibility index (Phi) is 7.63. The van der Waals surface area contributed by atoms with Gasteiger partial charge in [-0.15, -0.1) is 0 Å². The number of hydrogen-bond donors (Lipinski definition) is 2. The Morgan fingerprint density at radius 3 is 2.65 bits per heavy atom. The van der Waals surface area contributed by atoms with Crippen LogP contribution in [0.15, 0.2) is 24.3 Å². The predicted molar refractivity (Wildman–Crippen MR) is 80.9 cm³/mol. The van der Waals surface area contributed by atoms with Crippen LogP contribution in [-0.2, 0) is 10.8 Å². The van der Waals surface area contributed by atoms with Crippen molar-refractivity contribution in [2.75, 3.05) is 24.7 Å². The highest BCUT2D eigenvalue weighted by Crippen LogP contribution is 2.03. The molecule has 0 saturated heterocycles. The lowest BCUT2D eigenvalue weighted by Gasteiger charge is -2.04. The Bertz CT molecular complexity index is 514. The van der Waals surface area contributed by atoms with Crippen molar-refractivity contribution < 1.29 is 14.1 Å². The van der Waals surface area contributed by atoms with Crippen LogP contribution in [0.5, 0.6) is 0 Å². The number of hydrogen-bond acceptors (Lipinski definition) is 3. The van der Waals surface area contributed by atoms with Crippen molar-refractivity contribution in [1.82, 2.24) is 5.32 Å². The standard InChI is InChI=1S/C15H19NO3S/c1-2-20(19)12-10-16-15(18)14-8-6-13(7-9-14)5-3-4-11-17/h6-9,17H,2,4,10-12H2,1H3,(H,16,18). The van der Waals surface area contributed by atoms with Crippen molar-refractivity contribution in [2.45, 2.75) is 13.3 Å². The first kappa shape index (κ1) is 16.4. The van der Waals surface area contributed by atoms with E-state index in [1.54, 1.807) is 24.3 Å². The van der Waals surface area contributed by atoms with E-state index in [9.17, 15) is 9.00 Å². The molecule has 1 aromatic rings. The molecule has 1 aromatic carbocycles. The molecule has 4 nitrogen and oxygen atoms in total. The van der Waals surface area contributed by atoms with Gasteiger partial charge in [-0.1, -0.05) is 18.8 Å². The minimum Gasteiger partial charge on any atom is -0.395 e.